The molecule has 25 heavy (non-hydrogen) atoms. The first-order chi connectivity index (χ1) is 11.8. The van der Waals surface area contributed by atoms with E-state index in [-0.39, 0.29) is 0 Å². The van der Waals surface area contributed by atoms with Crippen LogP contribution in [0.1, 0.15) is 40.2 Å². The van der Waals surface area contributed by atoms with Crippen molar-refractivity contribution in [2.24, 2.45) is 5.92 Å². The van der Waals surface area contributed by atoms with Crippen molar-refractivity contribution in [2.75, 3.05) is 6.61 Å². The Morgan fingerprint density at radius 2 is 1.44 bits per heavy atom. The number of hydrogen-bond donors (Lipinski definition) is 0. The highest BCUT2D eigenvalue weighted by atomic mass is 16.6. The lowest BCUT2D eigenvalue weighted by Crippen LogP contribution is -2.12. The van der Waals surface area contributed by atoms with Gasteiger partial charge in [-0.1, -0.05) is 38.1 Å². The molecule has 0 aliphatic carbocycles. The molecule has 0 aliphatic rings. The fraction of sp³-hybridized carbons (Fsp3) is 0.400. The van der Waals surface area contributed by atoms with E-state index in [1.807, 2.05) is 31.2 Å². The van der Waals surface area contributed by atoms with E-state index in [2.05, 4.69) is 13.8 Å². The van der Waals surface area contributed by atoms with Crippen LogP contribution in [0.5, 0.6) is 17.2 Å². The average Bonchev–Trinajstić information content (AvgIpc) is 2.52. The van der Waals surface area contributed by atoms with Gasteiger partial charge in [-0.15, -0.1) is 0 Å². The average molecular weight is 344 g/mol. The predicted octanol–water partition coefficient (Wildman–Crippen LogP) is 4.29. The van der Waals surface area contributed by atoms with Crippen molar-refractivity contribution in [1.82, 2.24) is 0 Å². The minimum Gasteiger partial charge on any atom is -0.489 e. The minimum atomic E-state index is -0.429. The largest absolute Gasteiger partial charge is 0.489 e. The SMILES string of the molecule is CCOc1c(CC(C)C)c(OC(C)=O)c2ccccc2c1OC(C)=O. The smallest absolute Gasteiger partial charge is 0.308 e. The van der Waals surface area contributed by atoms with Gasteiger partial charge in [-0.05, 0) is 19.3 Å². The third-order valence-corrected chi connectivity index (χ3v) is 3.56. The molecule has 0 N–H and O–H groups in total. The van der Waals surface area contributed by atoms with E-state index in [0.29, 0.717) is 47.0 Å². The van der Waals surface area contributed by atoms with Crippen molar-refractivity contribution in [2.45, 2.75) is 41.0 Å². The molecule has 0 saturated heterocycles. The Bertz CT molecular complexity index is 792. The second-order valence-electron chi connectivity index (χ2n) is 6.23. The molecule has 5 heteroatoms. The van der Waals surface area contributed by atoms with Crippen molar-refractivity contribution in [3.05, 3.63) is 29.8 Å². The maximum Gasteiger partial charge on any atom is 0.308 e. The van der Waals surface area contributed by atoms with Gasteiger partial charge in [-0.25, -0.2) is 0 Å². The second kappa shape index (κ2) is 8.01. The van der Waals surface area contributed by atoms with E-state index in [1.54, 1.807) is 0 Å². The van der Waals surface area contributed by atoms with Crippen LogP contribution in [0.4, 0.5) is 0 Å². The fourth-order valence-electron chi connectivity index (χ4n) is 2.80. The summed E-state index contributed by atoms with van der Waals surface area (Å²) >= 11 is 0. The summed E-state index contributed by atoms with van der Waals surface area (Å²) in [4.78, 5) is 23.3. The summed E-state index contributed by atoms with van der Waals surface area (Å²) in [6.45, 7) is 9.11. The van der Waals surface area contributed by atoms with Crippen LogP contribution in [-0.2, 0) is 16.0 Å². The van der Waals surface area contributed by atoms with E-state index < -0.39 is 11.9 Å². The zero-order valence-corrected chi connectivity index (χ0v) is 15.3. The quantitative estimate of drug-likeness (QED) is 0.578. The van der Waals surface area contributed by atoms with Gasteiger partial charge in [0.15, 0.2) is 11.5 Å². The van der Waals surface area contributed by atoms with Crippen molar-refractivity contribution >= 4 is 22.7 Å². The molecule has 0 aliphatic heterocycles. The van der Waals surface area contributed by atoms with Crippen LogP contribution in [0, 0.1) is 5.92 Å². The van der Waals surface area contributed by atoms with Crippen LogP contribution in [0.25, 0.3) is 10.8 Å². The van der Waals surface area contributed by atoms with Crippen molar-refractivity contribution < 1.29 is 23.8 Å². The Labute approximate surface area is 147 Å². The number of ether oxygens (including phenoxy) is 3. The number of esters is 2. The maximum atomic E-state index is 11.7. The lowest BCUT2D eigenvalue weighted by molar-refractivity contribution is -0.133. The topological polar surface area (TPSA) is 61.8 Å². The number of fused-ring (bicyclic) bond motifs is 1. The molecule has 0 amide bonds. The Morgan fingerprint density at radius 1 is 0.920 bits per heavy atom. The molecule has 0 atom stereocenters. The fourth-order valence-corrected chi connectivity index (χ4v) is 2.80. The molecule has 0 spiro atoms. The summed E-state index contributed by atoms with van der Waals surface area (Å²) < 4.78 is 16.9. The molecule has 134 valence electrons. The minimum absolute atomic E-state index is 0.292. The first-order valence-corrected chi connectivity index (χ1v) is 8.42. The summed E-state index contributed by atoms with van der Waals surface area (Å²) in [5.41, 5.74) is 0.738. The first-order valence-electron chi connectivity index (χ1n) is 8.42. The van der Waals surface area contributed by atoms with Crippen LogP contribution in [0.15, 0.2) is 24.3 Å². The lowest BCUT2D eigenvalue weighted by atomic mass is 9.96. The van der Waals surface area contributed by atoms with Gasteiger partial charge in [-0.2, -0.15) is 0 Å². The molecule has 2 aromatic rings. The Kier molecular flexibility index (Phi) is 6.02. The van der Waals surface area contributed by atoms with Gasteiger partial charge >= 0.3 is 11.9 Å². The third-order valence-electron chi connectivity index (χ3n) is 3.56. The molecule has 0 radical (unpaired) electrons. The summed E-state index contributed by atoms with van der Waals surface area (Å²) in [6.07, 6.45) is 0.622. The third kappa shape index (κ3) is 4.29. The van der Waals surface area contributed by atoms with Gasteiger partial charge in [0.05, 0.1) is 6.61 Å². The zero-order chi connectivity index (χ0) is 18.6. The number of rotatable bonds is 6. The highest BCUT2D eigenvalue weighted by Crippen LogP contribution is 2.47. The number of hydrogen-bond acceptors (Lipinski definition) is 5. The van der Waals surface area contributed by atoms with E-state index in [4.69, 9.17) is 14.2 Å². The van der Waals surface area contributed by atoms with E-state index >= 15 is 0 Å². The molecular formula is C20H24O5. The molecule has 0 unspecified atom stereocenters. The number of carbonyl (C=O) groups is 2. The molecule has 5 nitrogen and oxygen atoms in total. The highest BCUT2D eigenvalue weighted by Gasteiger charge is 2.25. The summed E-state index contributed by atoms with van der Waals surface area (Å²) in [5, 5.41) is 1.39. The maximum absolute atomic E-state index is 11.7. The Hall–Kier alpha value is -2.56. The standard InChI is InChI=1S/C20H24O5/c1-6-23-19-17(11-12(2)3)18(24-13(4)21)15-9-7-8-10-16(15)20(19)25-14(5)22/h7-10,12H,6,11H2,1-5H3. The van der Waals surface area contributed by atoms with Crippen molar-refractivity contribution in [3.63, 3.8) is 0 Å². The molecule has 0 fully saturated rings. The summed E-state index contributed by atoms with van der Waals surface area (Å²) in [5.74, 6) is 0.758. The van der Waals surface area contributed by atoms with E-state index in [0.717, 1.165) is 5.56 Å². The van der Waals surface area contributed by atoms with Gasteiger partial charge < -0.3 is 14.2 Å². The zero-order valence-electron chi connectivity index (χ0n) is 15.3. The molecule has 2 aromatic carbocycles. The van der Waals surface area contributed by atoms with Crippen LogP contribution in [0.3, 0.4) is 0 Å². The number of benzene rings is 2. The van der Waals surface area contributed by atoms with Crippen LogP contribution >= 0.6 is 0 Å². The first kappa shape index (κ1) is 18.8. The molecule has 2 rings (SSSR count). The predicted molar refractivity (Wildman–Crippen MR) is 96.3 cm³/mol. The highest BCUT2D eigenvalue weighted by molar-refractivity contribution is 5.99. The van der Waals surface area contributed by atoms with Crippen molar-refractivity contribution in [1.29, 1.82) is 0 Å². The van der Waals surface area contributed by atoms with Gasteiger partial charge in [0.2, 0.25) is 0 Å². The molecule has 0 saturated carbocycles. The molecule has 0 bridgehead atoms. The van der Waals surface area contributed by atoms with Crippen LogP contribution in [-0.4, -0.2) is 18.5 Å². The van der Waals surface area contributed by atoms with Gasteiger partial charge in [0.1, 0.15) is 5.75 Å². The monoisotopic (exact) mass is 344 g/mol. The van der Waals surface area contributed by atoms with Gasteiger partial charge in [0.25, 0.3) is 0 Å². The molecule has 0 heterocycles. The van der Waals surface area contributed by atoms with Crippen LogP contribution < -0.4 is 14.2 Å². The van der Waals surface area contributed by atoms with E-state index in [9.17, 15) is 9.59 Å². The Morgan fingerprint density at radius 3 is 1.92 bits per heavy atom. The van der Waals surface area contributed by atoms with Gasteiger partial charge in [0, 0.05) is 30.2 Å². The number of carbonyl (C=O) groups excluding carboxylic acids is 2. The summed E-state index contributed by atoms with van der Waals surface area (Å²) in [6, 6.07) is 7.36. The van der Waals surface area contributed by atoms with Gasteiger partial charge in [-0.3, -0.25) is 9.59 Å². The molecule has 0 aromatic heterocycles. The summed E-state index contributed by atoms with van der Waals surface area (Å²) in [7, 11) is 0. The Balaban J connectivity index is 2.90. The lowest BCUT2D eigenvalue weighted by Gasteiger charge is -2.21. The normalized spacial score (nSPS) is 10.8. The van der Waals surface area contributed by atoms with E-state index in [1.165, 1.54) is 13.8 Å². The van der Waals surface area contributed by atoms with Crippen molar-refractivity contribution in [3.8, 4) is 17.2 Å². The van der Waals surface area contributed by atoms with Crippen LogP contribution in [0.2, 0.25) is 0 Å². The molecular weight excluding hydrogens is 320 g/mol. The second-order valence-corrected chi connectivity index (χ2v) is 6.23.